The summed E-state index contributed by atoms with van der Waals surface area (Å²) in [4.78, 5) is 18.5. The number of pyridine rings is 1. The molecule has 1 aliphatic carbocycles. The van der Waals surface area contributed by atoms with Crippen LogP contribution in [0.5, 0.6) is 5.75 Å². The first-order chi connectivity index (χ1) is 14.3. The second-order valence-electron chi connectivity index (χ2n) is 10.0. The number of likely N-dealkylation sites (tertiary alicyclic amines) is 1. The Kier molecular flexibility index (Phi) is 6.01. The van der Waals surface area contributed by atoms with E-state index in [0.717, 1.165) is 60.7 Å². The zero-order valence-electron chi connectivity index (χ0n) is 18.7. The smallest absolute Gasteiger partial charge is 0.311 e. The monoisotopic (exact) mass is 410 g/mol. The summed E-state index contributed by atoms with van der Waals surface area (Å²) in [7, 11) is 1.45. The summed E-state index contributed by atoms with van der Waals surface area (Å²) >= 11 is 0. The van der Waals surface area contributed by atoms with Gasteiger partial charge in [-0.2, -0.15) is 0 Å². The van der Waals surface area contributed by atoms with Gasteiger partial charge in [-0.1, -0.05) is 26.8 Å². The first kappa shape index (κ1) is 21.1. The standard InChI is InChI=1S/C25H34N2O3/c1-25(2,3)19-6-9-21(10-7-19)30-22-11-12-23-17(13-22)5-8-20(26-23)16-27-14-18(15-27)24(28)29-4/h5,8,11-13,18-19,21H,6-7,9-10,14-16H2,1-4H3. The average Bonchev–Trinajstić information content (AvgIpc) is 2.69. The van der Waals surface area contributed by atoms with Crippen LogP contribution in [0.4, 0.5) is 0 Å². The molecule has 1 saturated heterocycles. The second kappa shape index (κ2) is 8.54. The second-order valence-corrected chi connectivity index (χ2v) is 10.0. The van der Waals surface area contributed by atoms with Crippen molar-refractivity contribution in [1.29, 1.82) is 0 Å². The zero-order chi connectivity index (χ0) is 21.3. The van der Waals surface area contributed by atoms with E-state index in [1.165, 1.54) is 20.0 Å². The maximum absolute atomic E-state index is 11.5. The van der Waals surface area contributed by atoms with E-state index in [-0.39, 0.29) is 11.9 Å². The van der Waals surface area contributed by atoms with Crippen molar-refractivity contribution in [2.45, 2.75) is 59.1 Å². The highest BCUT2D eigenvalue weighted by molar-refractivity contribution is 5.80. The van der Waals surface area contributed by atoms with Crippen molar-refractivity contribution in [1.82, 2.24) is 9.88 Å². The maximum atomic E-state index is 11.5. The van der Waals surface area contributed by atoms with E-state index in [0.29, 0.717) is 11.5 Å². The van der Waals surface area contributed by atoms with Crippen LogP contribution in [0.3, 0.4) is 0 Å². The molecule has 162 valence electrons. The summed E-state index contributed by atoms with van der Waals surface area (Å²) < 4.78 is 11.1. The molecule has 0 amide bonds. The molecule has 0 bridgehead atoms. The molecule has 0 radical (unpaired) electrons. The lowest BCUT2D eigenvalue weighted by molar-refractivity contribution is -0.151. The van der Waals surface area contributed by atoms with Crippen LogP contribution in [-0.4, -0.2) is 42.2 Å². The fourth-order valence-electron chi connectivity index (χ4n) is 4.79. The summed E-state index contributed by atoms with van der Waals surface area (Å²) in [5.74, 6) is 1.64. The van der Waals surface area contributed by atoms with Gasteiger partial charge in [0, 0.05) is 25.0 Å². The van der Waals surface area contributed by atoms with Crippen LogP contribution in [0.15, 0.2) is 30.3 Å². The first-order valence-electron chi connectivity index (χ1n) is 11.2. The molecule has 1 aromatic heterocycles. The molecule has 1 aromatic carbocycles. The van der Waals surface area contributed by atoms with Gasteiger partial charge in [-0.3, -0.25) is 14.7 Å². The molecule has 5 nitrogen and oxygen atoms in total. The molecule has 0 atom stereocenters. The Morgan fingerprint density at radius 2 is 1.83 bits per heavy atom. The highest BCUT2D eigenvalue weighted by Gasteiger charge is 2.33. The van der Waals surface area contributed by atoms with Crippen molar-refractivity contribution in [3.05, 3.63) is 36.0 Å². The van der Waals surface area contributed by atoms with Crippen LogP contribution in [0.25, 0.3) is 10.9 Å². The van der Waals surface area contributed by atoms with Crippen molar-refractivity contribution in [2.24, 2.45) is 17.3 Å². The Morgan fingerprint density at radius 3 is 2.50 bits per heavy atom. The fourth-order valence-corrected chi connectivity index (χ4v) is 4.79. The van der Waals surface area contributed by atoms with Crippen LogP contribution in [0.1, 0.15) is 52.1 Å². The minimum atomic E-state index is -0.114. The minimum Gasteiger partial charge on any atom is -0.490 e. The van der Waals surface area contributed by atoms with E-state index in [9.17, 15) is 4.79 Å². The van der Waals surface area contributed by atoms with E-state index in [1.54, 1.807) is 0 Å². The maximum Gasteiger partial charge on any atom is 0.311 e. The Balaban J connectivity index is 1.33. The van der Waals surface area contributed by atoms with Gasteiger partial charge >= 0.3 is 5.97 Å². The predicted octanol–water partition coefficient (Wildman–Crippen LogP) is 4.82. The molecule has 1 saturated carbocycles. The molecule has 0 N–H and O–H groups in total. The third kappa shape index (κ3) is 4.77. The summed E-state index contributed by atoms with van der Waals surface area (Å²) in [6, 6.07) is 10.4. The molecule has 2 fully saturated rings. The Hall–Kier alpha value is -2.14. The van der Waals surface area contributed by atoms with Crippen molar-refractivity contribution in [2.75, 3.05) is 20.2 Å². The number of fused-ring (bicyclic) bond motifs is 1. The van der Waals surface area contributed by atoms with Gasteiger partial charge in [0.1, 0.15) is 5.75 Å². The molecule has 0 unspecified atom stereocenters. The van der Waals surface area contributed by atoms with Crippen LogP contribution < -0.4 is 4.74 Å². The molecular formula is C25H34N2O3. The topological polar surface area (TPSA) is 51.7 Å². The molecule has 0 spiro atoms. The van der Waals surface area contributed by atoms with Gasteiger partial charge in [-0.25, -0.2) is 0 Å². The highest BCUT2D eigenvalue weighted by atomic mass is 16.5. The predicted molar refractivity (Wildman–Crippen MR) is 118 cm³/mol. The van der Waals surface area contributed by atoms with E-state index in [4.69, 9.17) is 14.5 Å². The van der Waals surface area contributed by atoms with Crippen LogP contribution in [0.2, 0.25) is 0 Å². The van der Waals surface area contributed by atoms with Gasteiger partial charge in [-0.15, -0.1) is 0 Å². The van der Waals surface area contributed by atoms with Gasteiger partial charge in [0.05, 0.1) is 30.3 Å². The lowest BCUT2D eigenvalue weighted by Crippen LogP contribution is -2.50. The van der Waals surface area contributed by atoms with Crippen molar-refractivity contribution >= 4 is 16.9 Å². The molecule has 30 heavy (non-hydrogen) atoms. The first-order valence-corrected chi connectivity index (χ1v) is 11.2. The lowest BCUT2D eigenvalue weighted by Gasteiger charge is -2.37. The van der Waals surface area contributed by atoms with Gasteiger partial charge < -0.3 is 9.47 Å². The Morgan fingerprint density at radius 1 is 1.10 bits per heavy atom. The van der Waals surface area contributed by atoms with Crippen LogP contribution in [-0.2, 0) is 16.1 Å². The van der Waals surface area contributed by atoms with Crippen molar-refractivity contribution < 1.29 is 14.3 Å². The molecule has 2 aliphatic rings. The number of esters is 1. The third-order valence-electron chi connectivity index (χ3n) is 6.80. The SMILES string of the molecule is COC(=O)C1CN(Cc2ccc3cc(OC4CCC(C(C)(C)C)CC4)ccc3n2)C1. The van der Waals surface area contributed by atoms with Gasteiger partial charge in [0.15, 0.2) is 0 Å². The normalized spacial score (nSPS) is 23.2. The van der Waals surface area contributed by atoms with E-state index in [1.807, 2.05) is 6.07 Å². The summed E-state index contributed by atoms with van der Waals surface area (Å²) in [6.07, 6.45) is 5.10. The van der Waals surface area contributed by atoms with Gasteiger partial charge in [0.2, 0.25) is 0 Å². The van der Waals surface area contributed by atoms with E-state index < -0.39 is 0 Å². The number of carbonyl (C=O) groups excluding carboxylic acids is 1. The van der Waals surface area contributed by atoms with Crippen molar-refractivity contribution in [3.63, 3.8) is 0 Å². The third-order valence-corrected chi connectivity index (χ3v) is 6.80. The van der Waals surface area contributed by atoms with Crippen LogP contribution >= 0.6 is 0 Å². The van der Waals surface area contributed by atoms with Crippen molar-refractivity contribution in [3.8, 4) is 5.75 Å². The molecular weight excluding hydrogens is 376 g/mol. The largest absolute Gasteiger partial charge is 0.490 e. The number of hydrogen-bond donors (Lipinski definition) is 0. The number of rotatable bonds is 5. The summed E-state index contributed by atoms with van der Waals surface area (Å²) in [5, 5.41) is 1.11. The molecule has 4 rings (SSSR count). The Bertz CT molecular complexity index is 891. The van der Waals surface area contributed by atoms with Gasteiger partial charge in [-0.05, 0) is 61.3 Å². The average molecular weight is 411 g/mol. The van der Waals surface area contributed by atoms with E-state index in [2.05, 4.69) is 49.9 Å². The highest BCUT2D eigenvalue weighted by Crippen LogP contribution is 2.39. The number of methoxy groups -OCH3 is 1. The number of aromatic nitrogens is 1. The minimum absolute atomic E-state index is 0.00799. The van der Waals surface area contributed by atoms with E-state index >= 15 is 0 Å². The number of hydrogen-bond acceptors (Lipinski definition) is 5. The quantitative estimate of drug-likeness (QED) is 0.661. The number of benzene rings is 1. The Labute approximate surface area is 179 Å². The molecule has 5 heteroatoms. The van der Waals surface area contributed by atoms with Gasteiger partial charge in [0.25, 0.3) is 0 Å². The summed E-state index contributed by atoms with van der Waals surface area (Å²) in [6.45, 7) is 9.31. The molecule has 2 heterocycles. The number of carbonyl (C=O) groups is 1. The fraction of sp³-hybridized carbons (Fsp3) is 0.600. The zero-order valence-corrected chi connectivity index (χ0v) is 18.7. The molecule has 2 aromatic rings. The number of ether oxygens (including phenoxy) is 2. The van der Waals surface area contributed by atoms with Crippen LogP contribution in [0, 0.1) is 17.3 Å². The number of nitrogens with zero attached hydrogens (tertiary/aromatic N) is 2. The summed E-state index contributed by atoms with van der Waals surface area (Å²) in [5.41, 5.74) is 2.41. The lowest BCUT2D eigenvalue weighted by atomic mass is 9.72. The molecule has 1 aliphatic heterocycles.